The first-order valence-corrected chi connectivity index (χ1v) is 9.46. The molecule has 0 spiro atoms. The maximum atomic E-state index is 5.80. The normalized spacial score (nSPS) is 20.9. The zero-order valence-corrected chi connectivity index (χ0v) is 15.3. The topological polar surface area (TPSA) is 33.7 Å². The zero-order chi connectivity index (χ0) is 17.3. The maximum Gasteiger partial charge on any atom is 0.0758 e. The second kappa shape index (κ2) is 9.76. The average molecular weight is 342 g/mol. The largest absolute Gasteiger partial charge is 0.379 e. The minimum Gasteiger partial charge on any atom is -0.379 e. The number of allylic oxidation sites excluding steroid dienone is 2. The van der Waals surface area contributed by atoms with Gasteiger partial charge in [-0.3, -0.25) is 15.2 Å². The van der Waals surface area contributed by atoms with Crippen molar-refractivity contribution in [3.63, 3.8) is 0 Å². The highest BCUT2D eigenvalue weighted by molar-refractivity contribution is 5.59. The first kappa shape index (κ1) is 18.2. The molecule has 25 heavy (non-hydrogen) atoms. The molecule has 0 unspecified atom stereocenters. The minimum absolute atomic E-state index is 0.729. The smallest absolute Gasteiger partial charge is 0.0758 e. The molecule has 4 nitrogen and oxygen atoms in total. The second-order valence-electron chi connectivity index (χ2n) is 6.85. The molecule has 0 radical (unpaired) electrons. The predicted octanol–water partition coefficient (Wildman–Crippen LogP) is 3.77. The first-order chi connectivity index (χ1) is 12.3. The van der Waals surface area contributed by atoms with Gasteiger partial charge in [0.1, 0.15) is 0 Å². The average Bonchev–Trinajstić information content (AvgIpc) is 2.65. The van der Waals surface area contributed by atoms with Crippen molar-refractivity contribution in [3.8, 4) is 0 Å². The Morgan fingerprint density at radius 2 is 1.96 bits per heavy atom. The Kier molecular flexibility index (Phi) is 7.10. The molecule has 1 aliphatic carbocycles. The van der Waals surface area contributed by atoms with Gasteiger partial charge in [-0.25, -0.2) is 0 Å². The summed E-state index contributed by atoms with van der Waals surface area (Å²) in [4.78, 5) is 8.24. The van der Waals surface area contributed by atoms with Crippen LogP contribution in [0.15, 0.2) is 47.2 Å². The van der Waals surface area contributed by atoms with Crippen LogP contribution in [0, 0.1) is 0 Å². The molecule has 0 amide bonds. The van der Waals surface area contributed by atoms with Crippen molar-refractivity contribution in [2.24, 2.45) is 0 Å². The van der Waals surface area contributed by atoms with Gasteiger partial charge in [-0.05, 0) is 55.4 Å². The third kappa shape index (κ3) is 5.70. The summed E-state index contributed by atoms with van der Waals surface area (Å²) in [6, 6.07) is 10.5. The van der Waals surface area contributed by atoms with E-state index in [0.717, 1.165) is 58.7 Å². The summed E-state index contributed by atoms with van der Waals surface area (Å²) >= 11 is 0. The lowest BCUT2D eigenvalue weighted by molar-refractivity contribution is 0.0229. The molecule has 1 aliphatic heterocycles. The number of nitrogens with one attached hydrogen (secondary N) is 1. The van der Waals surface area contributed by atoms with Crippen LogP contribution in [0.25, 0.3) is 6.08 Å². The van der Waals surface area contributed by atoms with E-state index in [1.807, 2.05) is 0 Å². The number of morpholine rings is 1. The van der Waals surface area contributed by atoms with Crippen LogP contribution < -0.4 is 5.48 Å². The Balaban J connectivity index is 1.49. The fourth-order valence-electron chi connectivity index (χ4n) is 3.42. The lowest BCUT2D eigenvalue weighted by Gasteiger charge is -2.26. The lowest BCUT2D eigenvalue weighted by Crippen LogP contribution is -2.37. The van der Waals surface area contributed by atoms with E-state index in [9.17, 15) is 0 Å². The summed E-state index contributed by atoms with van der Waals surface area (Å²) in [7, 11) is 0. The highest BCUT2D eigenvalue weighted by Gasteiger charge is 2.15. The van der Waals surface area contributed by atoms with Gasteiger partial charge in [0, 0.05) is 19.6 Å². The fraction of sp³-hybridized carbons (Fsp3) is 0.524. The van der Waals surface area contributed by atoms with Crippen LogP contribution in [-0.2, 0) is 9.57 Å². The van der Waals surface area contributed by atoms with Crippen molar-refractivity contribution in [3.05, 3.63) is 52.7 Å². The van der Waals surface area contributed by atoms with Crippen LogP contribution in [0.5, 0.6) is 0 Å². The third-order valence-corrected chi connectivity index (χ3v) is 4.88. The van der Waals surface area contributed by atoms with Crippen LogP contribution in [0.3, 0.4) is 0 Å². The number of hydroxylamine groups is 1. The molecule has 4 heteroatoms. The molecule has 2 aliphatic rings. The fourth-order valence-corrected chi connectivity index (χ4v) is 3.42. The molecule has 1 N–H and O–H groups in total. The number of benzene rings is 1. The van der Waals surface area contributed by atoms with E-state index in [-0.39, 0.29) is 0 Å². The minimum atomic E-state index is 0.729. The number of hydrogen-bond donors (Lipinski definition) is 1. The molecule has 1 aromatic rings. The van der Waals surface area contributed by atoms with Gasteiger partial charge in [0.15, 0.2) is 0 Å². The van der Waals surface area contributed by atoms with Gasteiger partial charge in [-0.2, -0.15) is 0 Å². The molecule has 1 aromatic carbocycles. The number of nitrogens with zero attached hydrogens (tertiary/aromatic N) is 1. The molecule has 0 atom stereocenters. The van der Waals surface area contributed by atoms with Crippen molar-refractivity contribution >= 4 is 6.08 Å². The highest BCUT2D eigenvalue weighted by atomic mass is 16.6. The van der Waals surface area contributed by atoms with Crippen LogP contribution >= 0.6 is 0 Å². The zero-order valence-electron chi connectivity index (χ0n) is 15.3. The Morgan fingerprint density at radius 3 is 2.76 bits per heavy atom. The van der Waals surface area contributed by atoms with E-state index >= 15 is 0 Å². The van der Waals surface area contributed by atoms with Crippen molar-refractivity contribution < 1.29 is 9.57 Å². The number of hydrogen-bond acceptors (Lipinski definition) is 4. The van der Waals surface area contributed by atoms with E-state index in [1.165, 1.54) is 28.8 Å². The van der Waals surface area contributed by atoms with Gasteiger partial charge in [0.05, 0.1) is 25.5 Å². The van der Waals surface area contributed by atoms with E-state index in [0.29, 0.717) is 0 Å². The van der Waals surface area contributed by atoms with Crippen molar-refractivity contribution in [1.29, 1.82) is 0 Å². The Morgan fingerprint density at radius 1 is 1.16 bits per heavy atom. The Hall–Kier alpha value is -1.62. The molecule has 0 aromatic heterocycles. The van der Waals surface area contributed by atoms with Gasteiger partial charge in [-0.1, -0.05) is 30.3 Å². The summed E-state index contributed by atoms with van der Waals surface area (Å²) in [6.45, 7) is 7.82. The summed E-state index contributed by atoms with van der Waals surface area (Å²) < 4.78 is 5.38. The van der Waals surface area contributed by atoms with Crippen LogP contribution in [-0.4, -0.2) is 44.4 Å². The monoisotopic (exact) mass is 342 g/mol. The van der Waals surface area contributed by atoms with Gasteiger partial charge in [-0.15, -0.1) is 0 Å². The molecule has 1 saturated heterocycles. The van der Waals surface area contributed by atoms with Gasteiger partial charge >= 0.3 is 0 Å². The SMILES string of the molecule is CC1=C(NOCCCN2CCOCC2)C(=Cc2ccccc2)CCC1. The molecule has 0 saturated carbocycles. The highest BCUT2D eigenvalue weighted by Crippen LogP contribution is 2.29. The summed E-state index contributed by atoms with van der Waals surface area (Å²) in [5.74, 6) is 0. The quantitative estimate of drug-likeness (QED) is 0.604. The van der Waals surface area contributed by atoms with Crippen LogP contribution in [0.1, 0.15) is 38.2 Å². The number of ether oxygens (including phenoxy) is 1. The van der Waals surface area contributed by atoms with Crippen molar-refractivity contribution in [2.75, 3.05) is 39.5 Å². The van der Waals surface area contributed by atoms with Gasteiger partial charge in [0.25, 0.3) is 0 Å². The standard InChI is InChI=1S/C21H30N2O2/c1-18-7-5-10-20(17-19-8-3-2-4-9-19)21(18)22-25-14-6-11-23-12-15-24-16-13-23/h2-4,8-9,17,22H,5-7,10-16H2,1H3. The molecular formula is C21H30N2O2. The van der Waals surface area contributed by atoms with Gasteiger partial charge < -0.3 is 4.74 Å². The molecule has 3 rings (SSSR count). The lowest BCUT2D eigenvalue weighted by atomic mass is 9.91. The Labute approximate surface area is 151 Å². The first-order valence-electron chi connectivity index (χ1n) is 9.46. The van der Waals surface area contributed by atoms with E-state index in [4.69, 9.17) is 9.57 Å². The number of rotatable bonds is 7. The van der Waals surface area contributed by atoms with Crippen molar-refractivity contribution in [1.82, 2.24) is 10.4 Å². The molecule has 0 bridgehead atoms. The predicted molar refractivity (Wildman–Crippen MR) is 102 cm³/mol. The van der Waals surface area contributed by atoms with Crippen molar-refractivity contribution in [2.45, 2.75) is 32.6 Å². The van der Waals surface area contributed by atoms with Crippen LogP contribution in [0.4, 0.5) is 0 Å². The van der Waals surface area contributed by atoms with Gasteiger partial charge in [0.2, 0.25) is 0 Å². The summed E-state index contributed by atoms with van der Waals surface area (Å²) in [6.07, 6.45) is 6.78. The second-order valence-corrected chi connectivity index (χ2v) is 6.85. The Bertz CT molecular complexity index is 589. The maximum absolute atomic E-state index is 5.80. The van der Waals surface area contributed by atoms with Crippen LogP contribution in [0.2, 0.25) is 0 Å². The molecule has 1 heterocycles. The molecule has 1 fully saturated rings. The molecular weight excluding hydrogens is 312 g/mol. The molecule has 136 valence electrons. The summed E-state index contributed by atoms with van der Waals surface area (Å²) in [5.41, 5.74) is 8.42. The summed E-state index contributed by atoms with van der Waals surface area (Å²) in [5, 5.41) is 0. The third-order valence-electron chi connectivity index (χ3n) is 4.88. The van der Waals surface area contributed by atoms with E-state index < -0.39 is 0 Å². The van der Waals surface area contributed by atoms with E-state index in [2.05, 4.69) is 53.7 Å². The van der Waals surface area contributed by atoms with E-state index in [1.54, 1.807) is 0 Å².